The molecule has 0 unspecified atom stereocenters. The van der Waals surface area contributed by atoms with Crippen LogP contribution in [0.3, 0.4) is 0 Å². The monoisotopic (exact) mass is 222 g/mol. The number of hydrogen-bond donors (Lipinski definition) is 0. The molecule has 1 amide bonds. The van der Waals surface area contributed by atoms with E-state index in [1.54, 1.807) is 4.68 Å². The van der Waals surface area contributed by atoms with Gasteiger partial charge >= 0.3 is 0 Å². The van der Waals surface area contributed by atoms with Gasteiger partial charge in [-0.05, 0) is 20.0 Å². The van der Waals surface area contributed by atoms with E-state index in [0.717, 1.165) is 31.9 Å². The van der Waals surface area contributed by atoms with E-state index in [4.69, 9.17) is 0 Å². The predicted octanol–water partition coefficient (Wildman–Crippen LogP) is -0.0345. The van der Waals surface area contributed by atoms with Gasteiger partial charge < -0.3 is 9.80 Å². The van der Waals surface area contributed by atoms with Crippen LogP contribution in [0, 0.1) is 6.92 Å². The first-order valence-electron chi connectivity index (χ1n) is 5.61. The van der Waals surface area contributed by atoms with Crippen molar-refractivity contribution in [3.05, 3.63) is 18.0 Å². The molecule has 0 aliphatic carbocycles. The van der Waals surface area contributed by atoms with Crippen LogP contribution in [0.5, 0.6) is 0 Å². The van der Waals surface area contributed by atoms with E-state index in [1.165, 1.54) is 0 Å². The molecule has 0 saturated carbocycles. The summed E-state index contributed by atoms with van der Waals surface area (Å²) in [6.45, 7) is 5.87. The summed E-state index contributed by atoms with van der Waals surface area (Å²) in [5.74, 6) is 0.163. The van der Waals surface area contributed by atoms with E-state index in [1.807, 2.05) is 24.1 Å². The van der Waals surface area contributed by atoms with E-state index < -0.39 is 0 Å². The molecule has 0 radical (unpaired) electrons. The summed E-state index contributed by atoms with van der Waals surface area (Å²) in [4.78, 5) is 16.1. The zero-order valence-corrected chi connectivity index (χ0v) is 9.89. The average molecular weight is 222 g/mol. The first kappa shape index (κ1) is 11.1. The van der Waals surface area contributed by atoms with Gasteiger partial charge in [-0.25, -0.2) is 0 Å². The maximum atomic E-state index is 11.9. The number of aryl methyl sites for hydroxylation is 1. The van der Waals surface area contributed by atoms with E-state index in [2.05, 4.69) is 17.0 Å². The molecular formula is C11H18N4O. The first-order chi connectivity index (χ1) is 7.65. The highest BCUT2D eigenvalue weighted by Gasteiger charge is 2.19. The van der Waals surface area contributed by atoms with Gasteiger partial charge in [-0.3, -0.25) is 9.48 Å². The van der Waals surface area contributed by atoms with Crippen molar-refractivity contribution in [3.63, 3.8) is 0 Å². The molecule has 1 fully saturated rings. The lowest BCUT2D eigenvalue weighted by Crippen LogP contribution is -2.48. The van der Waals surface area contributed by atoms with Gasteiger partial charge in [-0.15, -0.1) is 0 Å². The van der Waals surface area contributed by atoms with Gasteiger partial charge in [0.1, 0.15) is 6.54 Å². The Morgan fingerprint density at radius 1 is 1.38 bits per heavy atom. The van der Waals surface area contributed by atoms with Crippen molar-refractivity contribution in [3.8, 4) is 0 Å². The fourth-order valence-electron chi connectivity index (χ4n) is 1.85. The SMILES string of the molecule is Cc1ccn(CC(=O)N2CCN(C)CC2)n1. The molecule has 0 aromatic carbocycles. The molecular weight excluding hydrogens is 204 g/mol. The molecule has 88 valence electrons. The Morgan fingerprint density at radius 2 is 2.06 bits per heavy atom. The second-order valence-electron chi connectivity index (χ2n) is 4.34. The molecule has 16 heavy (non-hydrogen) atoms. The lowest BCUT2D eigenvalue weighted by atomic mass is 10.3. The van der Waals surface area contributed by atoms with Gasteiger partial charge in [0.25, 0.3) is 0 Å². The van der Waals surface area contributed by atoms with E-state index >= 15 is 0 Å². The number of carbonyl (C=O) groups is 1. The fourth-order valence-corrected chi connectivity index (χ4v) is 1.85. The van der Waals surface area contributed by atoms with Crippen molar-refractivity contribution in [2.75, 3.05) is 33.2 Å². The largest absolute Gasteiger partial charge is 0.339 e. The normalized spacial score (nSPS) is 17.8. The molecule has 2 rings (SSSR count). The van der Waals surface area contributed by atoms with Crippen LogP contribution in [0.25, 0.3) is 0 Å². The van der Waals surface area contributed by atoms with E-state index in [-0.39, 0.29) is 5.91 Å². The van der Waals surface area contributed by atoms with Crippen LogP contribution in [0.2, 0.25) is 0 Å². The Kier molecular flexibility index (Phi) is 3.24. The number of nitrogens with zero attached hydrogens (tertiary/aromatic N) is 4. The predicted molar refractivity (Wildman–Crippen MR) is 61.0 cm³/mol. The molecule has 5 nitrogen and oxygen atoms in total. The molecule has 1 aromatic heterocycles. The fraction of sp³-hybridized carbons (Fsp3) is 0.636. The highest BCUT2D eigenvalue weighted by atomic mass is 16.2. The van der Waals surface area contributed by atoms with Crippen LogP contribution in [0.1, 0.15) is 5.69 Å². The molecule has 0 N–H and O–H groups in total. The second kappa shape index (κ2) is 4.65. The molecule has 0 spiro atoms. The number of piperazine rings is 1. The molecule has 1 aliphatic heterocycles. The minimum absolute atomic E-state index is 0.163. The van der Waals surface area contributed by atoms with Crippen LogP contribution in [0.4, 0.5) is 0 Å². The summed E-state index contributed by atoms with van der Waals surface area (Å²) in [6, 6.07) is 1.91. The Balaban J connectivity index is 1.88. The lowest BCUT2D eigenvalue weighted by Gasteiger charge is -2.32. The summed E-state index contributed by atoms with van der Waals surface area (Å²) in [5, 5.41) is 4.22. The second-order valence-corrected chi connectivity index (χ2v) is 4.34. The third kappa shape index (κ3) is 2.61. The minimum atomic E-state index is 0.163. The van der Waals surface area contributed by atoms with Gasteiger partial charge in [0.2, 0.25) is 5.91 Å². The third-order valence-corrected chi connectivity index (χ3v) is 2.93. The molecule has 2 heterocycles. The van der Waals surface area contributed by atoms with Crippen molar-refractivity contribution in [2.24, 2.45) is 0 Å². The van der Waals surface area contributed by atoms with Crippen molar-refractivity contribution >= 4 is 5.91 Å². The highest BCUT2D eigenvalue weighted by Crippen LogP contribution is 2.01. The zero-order chi connectivity index (χ0) is 11.5. The number of aromatic nitrogens is 2. The number of rotatable bonds is 2. The number of likely N-dealkylation sites (N-methyl/N-ethyl adjacent to an activating group) is 1. The summed E-state index contributed by atoms with van der Waals surface area (Å²) >= 11 is 0. The van der Waals surface area contributed by atoms with Crippen molar-refractivity contribution in [1.82, 2.24) is 19.6 Å². The minimum Gasteiger partial charge on any atom is -0.339 e. The van der Waals surface area contributed by atoms with Crippen LogP contribution < -0.4 is 0 Å². The van der Waals surface area contributed by atoms with Crippen LogP contribution in [-0.4, -0.2) is 58.7 Å². The highest BCUT2D eigenvalue weighted by molar-refractivity contribution is 5.76. The zero-order valence-electron chi connectivity index (χ0n) is 9.89. The van der Waals surface area contributed by atoms with Gasteiger partial charge in [0.05, 0.1) is 5.69 Å². The van der Waals surface area contributed by atoms with Crippen molar-refractivity contribution < 1.29 is 4.79 Å². The summed E-state index contributed by atoms with van der Waals surface area (Å²) in [6.07, 6.45) is 1.85. The van der Waals surface area contributed by atoms with Gasteiger partial charge in [-0.1, -0.05) is 0 Å². The molecule has 0 atom stereocenters. The molecule has 1 aliphatic rings. The first-order valence-corrected chi connectivity index (χ1v) is 5.61. The molecule has 1 saturated heterocycles. The molecule has 5 heteroatoms. The third-order valence-electron chi connectivity index (χ3n) is 2.93. The summed E-state index contributed by atoms with van der Waals surface area (Å²) < 4.78 is 1.70. The van der Waals surface area contributed by atoms with Crippen LogP contribution in [-0.2, 0) is 11.3 Å². The van der Waals surface area contributed by atoms with E-state index in [9.17, 15) is 4.79 Å². The summed E-state index contributed by atoms with van der Waals surface area (Å²) in [5.41, 5.74) is 0.950. The molecule has 1 aromatic rings. The average Bonchev–Trinajstić information content (AvgIpc) is 2.65. The number of amides is 1. The Bertz CT molecular complexity index is 366. The van der Waals surface area contributed by atoms with Gasteiger partial charge in [0, 0.05) is 32.4 Å². The van der Waals surface area contributed by atoms with E-state index in [0.29, 0.717) is 6.54 Å². The summed E-state index contributed by atoms with van der Waals surface area (Å²) in [7, 11) is 2.08. The Labute approximate surface area is 95.6 Å². The Morgan fingerprint density at radius 3 is 2.62 bits per heavy atom. The number of carbonyl (C=O) groups excluding carboxylic acids is 1. The van der Waals surface area contributed by atoms with Gasteiger partial charge in [-0.2, -0.15) is 5.10 Å². The Hall–Kier alpha value is -1.36. The van der Waals surface area contributed by atoms with Gasteiger partial charge in [0.15, 0.2) is 0 Å². The van der Waals surface area contributed by atoms with Crippen LogP contribution >= 0.6 is 0 Å². The standard InChI is InChI=1S/C11H18N4O/c1-10-3-4-15(12-10)9-11(16)14-7-5-13(2)6-8-14/h3-4H,5-9H2,1-2H3. The maximum Gasteiger partial charge on any atom is 0.244 e. The smallest absolute Gasteiger partial charge is 0.244 e. The van der Waals surface area contributed by atoms with Crippen LogP contribution in [0.15, 0.2) is 12.3 Å². The quantitative estimate of drug-likeness (QED) is 0.705. The van der Waals surface area contributed by atoms with Crippen molar-refractivity contribution in [1.29, 1.82) is 0 Å². The molecule has 0 bridgehead atoms. The van der Waals surface area contributed by atoms with Crippen molar-refractivity contribution in [2.45, 2.75) is 13.5 Å². The maximum absolute atomic E-state index is 11.9. The number of hydrogen-bond acceptors (Lipinski definition) is 3. The lowest BCUT2D eigenvalue weighted by molar-refractivity contribution is -0.133. The topological polar surface area (TPSA) is 41.4 Å².